The minimum atomic E-state index is -4.31. The summed E-state index contributed by atoms with van der Waals surface area (Å²) >= 11 is 0. The van der Waals surface area contributed by atoms with Crippen molar-refractivity contribution in [2.45, 2.75) is 6.18 Å². The molecule has 20 heavy (non-hydrogen) atoms. The molecule has 100 valence electrons. The standard InChI is InChI=1S/C16H10F3N/c1-20-15-10-6-13(7-11-15)3-2-12-4-8-14(9-5-12)16(17,18)19/h2-11H/b3-2+. The lowest BCUT2D eigenvalue weighted by Gasteiger charge is -2.05. The number of rotatable bonds is 2. The van der Waals surface area contributed by atoms with Crippen molar-refractivity contribution in [1.82, 2.24) is 0 Å². The van der Waals surface area contributed by atoms with Crippen LogP contribution in [0.2, 0.25) is 0 Å². The monoisotopic (exact) mass is 273 g/mol. The molecule has 0 aromatic heterocycles. The van der Waals surface area contributed by atoms with Gasteiger partial charge in [0.05, 0.1) is 12.1 Å². The van der Waals surface area contributed by atoms with Crippen molar-refractivity contribution < 1.29 is 13.2 Å². The van der Waals surface area contributed by atoms with Gasteiger partial charge >= 0.3 is 6.18 Å². The molecule has 0 spiro atoms. The maximum absolute atomic E-state index is 12.4. The number of hydrogen-bond donors (Lipinski definition) is 0. The third-order valence-corrected chi connectivity index (χ3v) is 2.73. The molecule has 2 aromatic rings. The van der Waals surface area contributed by atoms with Crippen molar-refractivity contribution in [2.24, 2.45) is 0 Å². The van der Waals surface area contributed by atoms with Crippen LogP contribution in [0.3, 0.4) is 0 Å². The molecule has 0 aliphatic carbocycles. The Morgan fingerprint density at radius 3 is 1.65 bits per heavy atom. The zero-order valence-corrected chi connectivity index (χ0v) is 10.4. The molecule has 0 bridgehead atoms. The Balaban J connectivity index is 2.13. The van der Waals surface area contributed by atoms with Crippen LogP contribution in [0.5, 0.6) is 0 Å². The van der Waals surface area contributed by atoms with Crippen LogP contribution < -0.4 is 0 Å². The van der Waals surface area contributed by atoms with Gasteiger partial charge in [0, 0.05) is 0 Å². The van der Waals surface area contributed by atoms with Crippen LogP contribution in [-0.2, 0) is 6.18 Å². The minimum absolute atomic E-state index is 0.552. The number of halogens is 3. The first-order chi connectivity index (χ1) is 9.49. The van der Waals surface area contributed by atoms with Gasteiger partial charge in [-0.15, -0.1) is 0 Å². The van der Waals surface area contributed by atoms with Gasteiger partial charge < -0.3 is 0 Å². The SMILES string of the molecule is [C-]#[N+]c1ccc(/C=C/c2ccc(C(F)(F)F)cc2)cc1. The fourth-order valence-corrected chi connectivity index (χ4v) is 1.64. The fourth-order valence-electron chi connectivity index (χ4n) is 1.64. The first kappa shape index (κ1) is 13.9. The Morgan fingerprint density at radius 1 is 0.800 bits per heavy atom. The Morgan fingerprint density at radius 2 is 1.25 bits per heavy atom. The van der Waals surface area contributed by atoms with Crippen LogP contribution in [0.15, 0.2) is 48.5 Å². The number of hydrogen-bond acceptors (Lipinski definition) is 0. The first-order valence-electron chi connectivity index (χ1n) is 5.82. The molecule has 0 radical (unpaired) electrons. The Kier molecular flexibility index (Phi) is 3.90. The minimum Gasteiger partial charge on any atom is -0.238 e. The van der Waals surface area contributed by atoms with Crippen LogP contribution in [0.25, 0.3) is 17.0 Å². The van der Waals surface area contributed by atoms with E-state index in [1.54, 1.807) is 36.4 Å². The lowest BCUT2D eigenvalue weighted by atomic mass is 10.1. The molecule has 0 unspecified atom stereocenters. The Labute approximate surface area is 114 Å². The van der Waals surface area contributed by atoms with Gasteiger partial charge in [0.2, 0.25) is 0 Å². The van der Waals surface area contributed by atoms with Crippen molar-refractivity contribution in [3.8, 4) is 0 Å². The van der Waals surface area contributed by atoms with E-state index in [0.29, 0.717) is 11.3 Å². The van der Waals surface area contributed by atoms with E-state index in [0.717, 1.165) is 17.7 Å². The maximum atomic E-state index is 12.4. The van der Waals surface area contributed by atoms with Gasteiger partial charge in [0.25, 0.3) is 0 Å². The van der Waals surface area contributed by atoms with Crippen molar-refractivity contribution >= 4 is 17.8 Å². The maximum Gasteiger partial charge on any atom is 0.416 e. The highest BCUT2D eigenvalue weighted by Crippen LogP contribution is 2.29. The summed E-state index contributed by atoms with van der Waals surface area (Å²) < 4.78 is 37.2. The predicted octanol–water partition coefficient (Wildman–Crippen LogP) is 5.43. The van der Waals surface area contributed by atoms with Gasteiger partial charge in [0.1, 0.15) is 0 Å². The van der Waals surface area contributed by atoms with Crippen molar-refractivity contribution in [1.29, 1.82) is 0 Å². The van der Waals surface area contributed by atoms with Gasteiger partial charge in [0.15, 0.2) is 5.69 Å². The van der Waals surface area contributed by atoms with Crippen LogP contribution >= 0.6 is 0 Å². The van der Waals surface area contributed by atoms with E-state index in [2.05, 4.69) is 4.85 Å². The second kappa shape index (κ2) is 5.62. The van der Waals surface area contributed by atoms with Crippen LogP contribution in [0.1, 0.15) is 16.7 Å². The average molecular weight is 273 g/mol. The lowest BCUT2D eigenvalue weighted by Crippen LogP contribution is -2.03. The van der Waals surface area contributed by atoms with E-state index in [-0.39, 0.29) is 0 Å². The largest absolute Gasteiger partial charge is 0.416 e. The summed E-state index contributed by atoms with van der Waals surface area (Å²) in [6, 6.07) is 11.9. The molecular formula is C16H10F3N. The number of nitrogens with zero attached hydrogens (tertiary/aromatic N) is 1. The highest BCUT2D eigenvalue weighted by Gasteiger charge is 2.29. The Bertz CT molecular complexity index is 644. The van der Waals surface area contributed by atoms with E-state index in [9.17, 15) is 13.2 Å². The quantitative estimate of drug-likeness (QED) is 0.508. The van der Waals surface area contributed by atoms with Crippen LogP contribution in [0.4, 0.5) is 18.9 Å². The van der Waals surface area contributed by atoms with Gasteiger partial charge in [-0.05, 0) is 23.3 Å². The molecule has 1 nitrogen and oxygen atoms in total. The third-order valence-electron chi connectivity index (χ3n) is 2.73. The molecule has 0 N–H and O–H groups in total. The van der Waals surface area contributed by atoms with E-state index in [1.807, 2.05) is 0 Å². The molecule has 0 saturated heterocycles. The third kappa shape index (κ3) is 3.48. The van der Waals surface area contributed by atoms with Gasteiger partial charge in [-0.25, -0.2) is 4.85 Å². The molecule has 2 aromatic carbocycles. The predicted molar refractivity (Wildman–Crippen MR) is 73.1 cm³/mol. The van der Waals surface area contributed by atoms with Crippen LogP contribution in [-0.4, -0.2) is 0 Å². The normalized spacial score (nSPS) is 11.5. The van der Waals surface area contributed by atoms with Gasteiger partial charge in [-0.1, -0.05) is 48.6 Å². The van der Waals surface area contributed by atoms with E-state index in [1.165, 1.54) is 12.1 Å². The van der Waals surface area contributed by atoms with E-state index >= 15 is 0 Å². The van der Waals surface area contributed by atoms with Crippen LogP contribution in [0, 0.1) is 6.57 Å². The molecule has 0 atom stereocenters. The van der Waals surface area contributed by atoms with Crippen molar-refractivity contribution in [3.05, 3.63) is 76.6 Å². The molecule has 0 heterocycles. The fraction of sp³-hybridized carbons (Fsp3) is 0.0625. The number of benzene rings is 2. The average Bonchev–Trinajstić information content (AvgIpc) is 2.45. The van der Waals surface area contributed by atoms with E-state index < -0.39 is 11.7 Å². The van der Waals surface area contributed by atoms with Gasteiger partial charge in [-0.3, -0.25) is 0 Å². The summed E-state index contributed by atoms with van der Waals surface area (Å²) in [5.74, 6) is 0. The summed E-state index contributed by atoms with van der Waals surface area (Å²) in [7, 11) is 0. The zero-order chi connectivity index (χ0) is 14.6. The number of alkyl halides is 3. The summed E-state index contributed by atoms with van der Waals surface area (Å²) in [6.07, 6.45) is -0.791. The molecule has 0 aliphatic heterocycles. The Hall–Kier alpha value is -2.54. The van der Waals surface area contributed by atoms with Crippen molar-refractivity contribution in [2.75, 3.05) is 0 Å². The molecule has 2 rings (SSSR count). The first-order valence-corrected chi connectivity index (χ1v) is 5.82. The summed E-state index contributed by atoms with van der Waals surface area (Å²) in [4.78, 5) is 3.28. The summed E-state index contributed by atoms with van der Waals surface area (Å²) in [6.45, 7) is 6.84. The summed E-state index contributed by atoms with van der Waals surface area (Å²) in [5, 5.41) is 0. The summed E-state index contributed by atoms with van der Waals surface area (Å²) in [5.41, 5.74) is 1.47. The lowest BCUT2D eigenvalue weighted by molar-refractivity contribution is -0.137. The molecule has 0 aliphatic rings. The molecule has 0 fully saturated rings. The molecule has 0 saturated carbocycles. The smallest absolute Gasteiger partial charge is 0.238 e. The molecular weight excluding hydrogens is 263 g/mol. The highest BCUT2D eigenvalue weighted by atomic mass is 19.4. The molecule has 0 amide bonds. The zero-order valence-electron chi connectivity index (χ0n) is 10.4. The highest BCUT2D eigenvalue weighted by molar-refractivity contribution is 5.70. The second-order valence-electron chi connectivity index (χ2n) is 4.16. The van der Waals surface area contributed by atoms with E-state index in [4.69, 9.17) is 6.57 Å². The second-order valence-corrected chi connectivity index (χ2v) is 4.16. The van der Waals surface area contributed by atoms with Gasteiger partial charge in [-0.2, -0.15) is 13.2 Å². The van der Waals surface area contributed by atoms with Crippen molar-refractivity contribution in [3.63, 3.8) is 0 Å². The molecule has 4 heteroatoms. The topological polar surface area (TPSA) is 4.36 Å².